The van der Waals surface area contributed by atoms with Gasteiger partial charge >= 0.3 is 0 Å². The first kappa shape index (κ1) is 19.3. The van der Waals surface area contributed by atoms with Crippen LogP contribution in [-0.4, -0.2) is 52.0 Å². The standard InChI is InChI=1S/C21H28FN3O3/c1-3-16-10-17-15(8-14(9-18(17)22)19(26)23-28)11-25(16)12-21-6-4-13(5-7-21)20(27)24(21)2/h8-9,13,16,28H,3-7,10-12H2,1-2H3,(H,23,26)/t13?,16-,21?/m1/s1. The van der Waals surface area contributed by atoms with E-state index in [0.717, 1.165) is 44.2 Å². The van der Waals surface area contributed by atoms with Crippen LogP contribution >= 0.6 is 0 Å². The molecule has 0 spiro atoms. The number of carbonyl (C=O) groups excluding carboxylic acids is 2. The number of halogens is 1. The molecule has 2 bridgehead atoms. The van der Waals surface area contributed by atoms with Gasteiger partial charge in [-0.25, -0.2) is 9.87 Å². The zero-order valence-corrected chi connectivity index (χ0v) is 16.5. The molecular formula is C21H28FN3O3. The van der Waals surface area contributed by atoms with Crippen molar-refractivity contribution in [1.82, 2.24) is 15.3 Å². The molecule has 0 aromatic heterocycles. The van der Waals surface area contributed by atoms with Gasteiger partial charge in [0.15, 0.2) is 0 Å². The number of rotatable bonds is 4. The van der Waals surface area contributed by atoms with E-state index >= 15 is 0 Å². The smallest absolute Gasteiger partial charge is 0.274 e. The molecule has 1 saturated carbocycles. The first-order chi connectivity index (χ1) is 13.4. The third-order valence-corrected chi connectivity index (χ3v) is 7.26. The molecule has 0 unspecified atom stereocenters. The lowest BCUT2D eigenvalue weighted by atomic mass is 9.69. The summed E-state index contributed by atoms with van der Waals surface area (Å²) in [6.07, 6.45) is 5.44. The van der Waals surface area contributed by atoms with Crippen LogP contribution in [-0.2, 0) is 17.8 Å². The summed E-state index contributed by atoms with van der Waals surface area (Å²) < 4.78 is 14.7. The molecule has 6 nitrogen and oxygen atoms in total. The van der Waals surface area contributed by atoms with Gasteiger partial charge in [-0.1, -0.05) is 6.92 Å². The van der Waals surface area contributed by atoms with Gasteiger partial charge in [-0.15, -0.1) is 0 Å². The van der Waals surface area contributed by atoms with Crippen LogP contribution in [0.2, 0.25) is 0 Å². The second kappa shape index (κ2) is 7.12. The molecular weight excluding hydrogens is 361 g/mol. The molecule has 3 aliphatic heterocycles. The normalized spacial score (nSPS) is 29.7. The number of fused-ring (bicyclic) bond motifs is 4. The van der Waals surface area contributed by atoms with Gasteiger partial charge in [0.2, 0.25) is 5.91 Å². The zero-order chi connectivity index (χ0) is 20.1. The molecule has 7 heteroatoms. The van der Waals surface area contributed by atoms with Crippen LogP contribution in [0.4, 0.5) is 4.39 Å². The summed E-state index contributed by atoms with van der Waals surface area (Å²) in [7, 11) is 1.93. The molecule has 28 heavy (non-hydrogen) atoms. The number of hydrogen-bond acceptors (Lipinski definition) is 4. The molecule has 3 heterocycles. The van der Waals surface area contributed by atoms with E-state index in [1.165, 1.54) is 6.07 Å². The van der Waals surface area contributed by atoms with Crippen molar-refractivity contribution >= 4 is 11.8 Å². The highest BCUT2D eigenvalue weighted by Crippen LogP contribution is 2.44. The van der Waals surface area contributed by atoms with Crippen molar-refractivity contribution in [2.45, 2.75) is 63.6 Å². The average molecular weight is 389 g/mol. The Bertz CT molecular complexity index is 804. The first-order valence-corrected chi connectivity index (χ1v) is 10.2. The number of hydroxylamine groups is 1. The lowest BCUT2D eigenvalue weighted by Gasteiger charge is -2.55. The van der Waals surface area contributed by atoms with Gasteiger partial charge in [-0.2, -0.15) is 0 Å². The summed E-state index contributed by atoms with van der Waals surface area (Å²) in [5, 5.41) is 8.89. The summed E-state index contributed by atoms with van der Waals surface area (Å²) >= 11 is 0. The van der Waals surface area contributed by atoms with Crippen molar-refractivity contribution in [1.29, 1.82) is 0 Å². The predicted octanol–water partition coefficient (Wildman–Crippen LogP) is 2.48. The Balaban J connectivity index is 1.63. The van der Waals surface area contributed by atoms with Crippen molar-refractivity contribution in [3.63, 3.8) is 0 Å². The molecule has 1 aromatic rings. The number of benzene rings is 1. The Kier molecular flexibility index (Phi) is 4.91. The lowest BCUT2D eigenvalue weighted by Crippen LogP contribution is -2.65. The summed E-state index contributed by atoms with van der Waals surface area (Å²) in [6.45, 7) is 3.43. The first-order valence-electron chi connectivity index (χ1n) is 10.2. The third-order valence-electron chi connectivity index (χ3n) is 7.26. The Hall–Kier alpha value is -1.99. The maximum Gasteiger partial charge on any atom is 0.274 e. The molecule has 1 aliphatic carbocycles. The minimum Gasteiger partial charge on any atom is -0.339 e. The minimum absolute atomic E-state index is 0.122. The topological polar surface area (TPSA) is 72.9 Å². The highest BCUT2D eigenvalue weighted by Gasteiger charge is 2.50. The Labute approximate surface area is 164 Å². The number of amides is 2. The summed E-state index contributed by atoms with van der Waals surface area (Å²) in [4.78, 5) is 28.7. The van der Waals surface area contributed by atoms with E-state index in [9.17, 15) is 14.0 Å². The quantitative estimate of drug-likeness (QED) is 0.613. The number of hydrogen-bond donors (Lipinski definition) is 2. The molecule has 4 aliphatic rings. The number of nitrogens with zero attached hydrogens (tertiary/aromatic N) is 2. The van der Waals surface area contributed by atoms with Crippen LogP contribution in [0.15, 0.2) is 12.1 Å². The number of carbonyl (C=O) groups is 2. The summed E-state index contributed by atoms with van der Waals surface area (Å²) in [5.74, 6) is -0.654. The molecule has 2 N–H and O–H groups in total. The molecule has 2 saturated heterocycles. The molecule has 1 aromatic carbocycles. The largest absolute Gasteiger partial charge is 0.339 e. The molecule has 3 fully saturated rings. The van der Waals surface area contributed by atoms with Crippen LogP contribution < -0.4 is 5.48 Å². The third kappa shape index (κ3) is 3.01. The van der Waals surface area contributed by atoms with Gasteiger partial charge < -0.3 is 4.90 Å². The van der Waals surface area contributed by atoms with Gasteiger partial charge in [0.25, 0.3) is 5.91 Å². The summed E-state index contributed by atoms with van der Waals surface area (Å²) in [6, 6.07) is 3.07. The number of likely N-dealkylation sites (N-methyl/N-ethyl adjacent to an activating group) is 1. The Morgan fingerprint density at radius 2 is 2.07 bits per heavy atom. The van der Waals surface area contributed by atoms with Crippen molar-refractivity contribution < 1.29 is 19.2 Å². The average Bonchev–Trinajstić information content (AvgIpc) is 2.71. The van der Waals surface area contributed by atoms with Crippen molar-refractivity contribution in [3.05, 3.63) is 34.6 Å². The van der Waals surface area contributed by atoms with E-state index in [4.69, 9.17) is 5.21 Å². The van der Waals surface area contributed by atoms with Gasteiger partial charge in [0, 0.05) is 37.7 Å². The monoisotopic (exact) mass is 389 g/mol. The highest BCUT2D eigenvalue weighted by atomic mass is 19.1. The van der Waals surface area contributed by atoms with Crippen LogP contribution in [0.1, 0.15) is 60.5 Å². The Morgan fingerprint density at radius 1 is 1.36 bits per heavy atom. The fourth-order valence-electron chi connectivity index (χ4n) is 5.45. The second-order valence-corrected chi connectivity index (χ2v) is 8.60. The van der Waals surface area contributed by atoms with E-state index < -0.39 is 11.7 Å². The van der Waals surface area contributed by atoms with Crippen LogP contribution in [0.3, 0.4) is 0 Å². The fourth-order valence-corrected chi connectivity index (χ4v) is 5.45. The fraction of sp³-hybridized carbons (Fsp3) is 0.619. The van der Waals surface area contributed by atoms with Gasteiger partial charge in [-0.05, 0) is 61.8 Å². The van der Waals surface area contributed by atoms with E-state index in [-0.39, 0.29) is 29.0 Å². The highest BCUT2D eigenvalue weighted by molar-refractivity contribution is 5.93. The van der Waals surface area contributed by atoms with Crippen LogP contribution in [0.25, 0.3) is 0 Å². The Morgan fingerprint density at radius 3 is 2.71 bits per heavy atom. The molecule has 152 valence electrons. The maximum atomic E-state index is 14.7. The predicted molar refractivity (Wildman–Crippen MR) is 101 cm³/mol. The molecule has 5 rings (SSSR count). The lowest BCUT2D eigenvalue weighted by molar-refractivity contribution is -0.155. The van der Waals surface area contributed by atoms with Crippen molar-refractivity contribution in [2.24, 2.45) is 5.92 Å². The number of piperidine rings is 2. The van der Waals surface area contributed by atoms with Gasteiger partial charge in [0.1, 0.15) is 5.82 Å². The number of nitrogens with one attached hydrogen (secondary N) is 1. The molecule has 0 radical (unpaired) electrons. The van der Waals surface area contributed by atoms with Crippen LogP contribution in [0, 0.1) is 11.7 Å². The SMILES string of the molecule is CC[C@@H]1Cc2c(F)cc(C(=O)NO)cc2CN1CC12CCC(CC1)C(=O)N2C. The van der Waals surface area contributed by atoms with Gasteiger partial charge in [-0.3, -0.25) is 19.7 Å². The van der Waals surface area contributed by atoms with E-state index in [2.05, 4.69) is 11.8 Å². The van der Waals surface area contributed by atoms with E-state index in [1.807, 2.05) is 11.9 Å². The van der Waals surface area contributed by atoms with E-state index in [1.54, 1.807) is 11.5 Å². The van der Waals surface area contributed by atoms with Crippen LogP contribution in [0.5, 0.6) is 0 Å². The molecule has 1 atom stereocenters. The van der Waals surface area contributed by atoms with Crippen molar-refractivity contribution in [2.75, 3.05) is 13.6 Å². The maximum absolute atomic E-state index is 14.7. The van der Waals surface area contributed by atoms with Crippen molar-refractivity contribution in [3.8, 4) is 0 Å². The minimum atomic E-state index is -0.708. The second-order valence-electron chi connectivity index (χ2n) is 8.60. The van der Waals surface area contributed by atoms with E-state index in [0.29, 0.717) is 18.5 Å². The van der Waals surface area contributed by atoms with Gasteiger partial charge in [0.05, 0.1) is 5.54 Å². The summed E-state index contributed by atoms with van der Waals surface area (Å²) in [5.41, 5.74) is 3.01. The molecule has 2 amide bonds. The zero-order valence-electron chi connectivity index (χ0n) is 16.5.